The molecule has 8 aromatic rings. The summed E-state index contributed by atoms with van der Waals surface area (Å²) in [6.07, 6.45) is 0. The topological polar surface area (TPSA) is 17.1 Å². The van der Waals surface area contributed by atoms with Gasteiger partial charge in [0.25, 0.3) is 0 Å². The van der Waals surface area contributed by atoms with Crippen LogP contribution in [0.25, 0.3) is 77.2 Å². The fraction of sp³-hybridized carbons (Fsp3) is 0.0435. The summed E-state index contributed by atoms with van der Waals surface area (Å²) in [5, 5.41) is 5.79. The Kier molecular flexibility index (Phi) is 7.64. The van der Waals surface area contributed by atoms with E-state index in [9.17, 15) is 4.57 Å². The highest BCUT2D eigenvalue weighted by molar-refractivity contribution is 7.70. The first kappa shape index (κ1) is 29.9. The Morgan fingerprint density at radius 1 is 0.312 bits per heavy atom. The second kappa shape index (κ2) is 12.3. The second-order valence-electron chi connectivity index (χ2n) is 12.8. The van der Waals surface area contributed by atoms with E-state index in [1.165, 1.54) is 66.1 Å². The number of benzene rings is 8. The minimum absolute atomic E-state index is 0.901. The van der Waals surface area contributed by atoms with E-state index in [0.29, 0.717) is 0 Å². The van der Waals surface area contributed by atoms with Gasteiger partial charge in [-0.15, -0.1) is 0 Å². The van der Waals surface area contributed by atoms with Crippen molar-refractivity contribution in [2.45, 2.75) is 0 Å². The number of fused-ring (bicyclic) bond motifs is 2. The molecule has 0 spiro atoms. The molecule has 8 rings (SSSR count). The molecule has 230 valence electrons. The van der Waals surface area contributed by atoms with Gasteiger partial charge in [0.2, 0.25) is 0 Å². The fourth-order valence-corrected chi connectivity index (χ4v) is 7.78. The summed E-state index contributed by atoms with van der Waals surface area (Å²) in [5.41, 5.74) is 11.9. The van der Waals surface area contributed by atoms with Crippen LogP contribution in [0.15, 0.2) is 176 Å². The third-order valence-electron chi connectivity index (χ3n) is 9.41. The van der Waals surface area contributed by atoms with Crippen molar-refractivity contribution in [1.82, 2.24) is 0 Å². The highest BCUT2D eigenvalue weighted by atomic mass is 31.2. The first-order valence-electron chi connectivity index (χ1n) is 16.4. The fourth-order valence-electron chi connectivity index (χ4n) is 6.91. The zero-order valence-corrected chi connectivity index (χ0v) is 28.0. The second-order valence-corrected chi connectivity index (χ2v) is 16.1. The van der Waals surface area contributed by atoms with Crippen LogP contribution in [-0.4, -0.2) is 13.3 Å². The van der Waals surface area contributed by atoms with Crippen molar-refractivity contribution in [2.75, 3.05) is 13.3 Å². The average molecular weight is 635 g/mol. The maximum absolute atomic E-state index is 12.8. The normalized spacial score (nSPS) is 11.6. The van der Waals surface area contributed by atoms with Crippen LogP contribution in [0.2, 0.25) is 0 Å². The molecule has 0 aliphatic carbocycles. The van der Waals surface area contributed by atoms with Gasteiger partial charge in [-0.2, -0.15) is 0 Å². The van der Waals surface area contributed by atoms with E-state index in [1.807, 2.05) is 25.5 Å². The molecule has 0 aliphatic rings. The molecule has 0 N–H and O–H groups in total. The molecule has 0 unspecified atom stereocenters. The van der Waals surface area contributed by atoms with Crippen molar-refractivity contribution in [3.63, 3.8) is 0 Å². The van der Waals surface area contributed by atoms with E-state index in [1.54, 1.807) is 0 Å². The summed E-state index contributed by atoms with van der Waals surface area (Å²) in [6, 6.07) is 63.0. The first-order valence-corrected chi connectivity index (χ1v) is 19.0. The lowest BCUT2D eigenvalue weighted by molar-refractivity contribution is 0.588. The van der Waals surface area contributed by atoms with E-state index in [2.05, 4.69) is 164 Å². The molecule has 0 bridgehead atoms. The summed E-state index contributed by atoms with van der Waals surface area (Å²) >= 11 is 0. The molecule has 48 heavy (non-hydrogen) atoms. The van der Waals surface area contributed by atoms with Gasteiger partial charge in [0, 0.05) is 5.30 Å². The Morgan fingerprint density at radius 2 is 0.646 bits per heavy atom. The first-order chi connectivity index (χ1) is 23.4. The molecule has 0 atom stereocenters. The van der Waals surface area contributed by atoms with Crippen LogP contribution in [0.4, 0.5) is 0 Å². The zero-order chi connectivity index (χ0) is 32.7. The van der Waals surface area contributed by atoms with E-state index in [-0.39, 0.29) is 0 Å². The maximum atomic E-state index is 12.8. The number of hydrogen-bond donors (Lipinski definition) is 0. The van der Waals surface area contributed by atoms with E-state index >= 15 is 0 Å². The standard InChI is InChI=1S/C46H35OP/c1-48(2,47)40-28-25-36(26-29-40)39-27-30-43-44(31-39)46(38-23-19-35(20-24-38)33-13-7-4-8-14-33)42-16-10-9-15-41(42)45(43)37-21-17-34(18-22-37)32-11-5-3-6-12-32/h3-31H,1-2H3. The van der Waals surface area contributed by atoms with Crippen molar-refractivity contribution in [3.8, 4) is 55.6 Å². The summed E-state index contributed by atoms with van der Waals surface area (Å²) < 4.78 is 12.8. The monoisotopic (exact) mass is 634 g/mol. The molecule has 0 saturated heterocycles. The minimum Gasteiger partial charge on any atom is -0.319 e. The van der Waals surface area contributed by atoms with Crippen LogP contribution in [0.3, 0.4) is 0 Å². The van der Waals surface area contributed by atoms with Gasteiger partial charge in [-0.1, -0.05) is 170 Å². The minimum atomic E-state index is -2.33. The molecule has 0 radical (unpaired) electrons. The van der Waals surface area contributed by atoms with Crippen molar-refractivity contribution < 1.29 is 4.57 Å². The molecular formula is C46H35OP. The molecule has 0 saturated carbocycles. The van der Waals surface area contributed by atoms with Crippen LogP contribution >= 0.6 is 7.14 Å². The molecule has 8 aromatic carbocycles. The van der Waals surface area contributed by atoms with Crippen LogP contribution in [-0.2, 0) is 4.57 Å². The molecule has 0 amide bonds. The Morgan fingerprint density at radius 3 is 1.12 bits per heavy atom. The van der Waals surface area contributed by atoms with Crippen LogP contribution < -0.4 is 5.30 Å². The van der Waals surface area contributed by atoms with Gasteiger partial charge in [-0.05, 0) is 96.6 Å². The van der Waals surface area contributed by atoms with E-state index in [0.717, 1.165) is 16.4 Å². The molecule has 0 aliphatic heterocycles. The highest BCUT2D eigenvalue weighted by Gasteiger charge is 2.18. The van der Waals surface area contributed by atoms with Gasteiger partial charge in [-0.25, -0.2) is 0 Å². The largest absolute Gasteiger partial charge is 0.319 e. The van der Waals surface area contributed by atoms with E-state index < -0.39 is 7.14 Å². The van der Waals surface area contributed by atoms with Crippen LogP contribution in [0.1, 0.15) is 0 Å². The SMILES string of the molecule is CP(C)(=O)c1ccc(-c2ccc3c(-c4ccc(-c5ccccc5)cc4)c4ccccc4c(-c4ccc(-c5ccccc5)cc4)c3c2)cc1. The third-order valence-corrected chi connectivity index (χ3v) is 10.9. The lowest BCUT2D eigenvalue weighted by Crippen LogP contribution is -2.01. The molecule has 2 heteroatoms. The molecule has 0 heterocycles. The molecule has 1 nitrogen and oxygen atoms in total. The van der Waals surface area contributed by atoms with Crippen LogP contribution in [0, 0.1) is 0 Å². The van der Waals surface area contributed by atoms with Gasteiger partial charge in [0.1, 0.15) is 7.14 Å². The molecule has 0 aromatic heterocycles. The van der Waals surface area contributed by atoms with Crippen LogP contribution in [0.5, 0.6) is 0 Å². The summed E-state index contributed by atoms with van der Waals surface area (Å²) in [5.74, 6) is 0. The van der Waals surface area contributed by atoms with Gasteiger partial charge < -0.3 is 4.57 Å². The lowest BCUT2D eigenvalue weighted by atomic mass is 9.84. The van der Waals surface area contributed by atoms with Crippen molar-refractivity contribution in [1.29, 1.82) is 0 Å². The van der Waals surface area contributed by atoms with Gasteiger partial charge in [-0.3, -0.25) is 0 Å². The quantitative estimate of drug-likeness (QED) is 0.131. The smallest absolute Gasteiger partial charge is 0.109 e. The Hall–Kier alpha value is -5.49. The van der Waals surface area contributed by atoms with Gasteiger partial charge >= 0.3 is 0 Å². The maximum Gasteiger partial charge on any atom is 0.109 e. The summed E-state index contributed by atoms with van der Waals surface area (Å²) in [7, 11) is -2.33. The Labute approximate surface area is 282 Å². The van der Waals surface area contributed by atoms with Gasteiger partial charge in [0.05, 0.1) is 0 Å². The van der Waals surface area contributed by atoms with Crippen molar-refractivity contribution in [2.24, 2.45) is 0 Å². The number of hydrogen-bond acceptors (Lipinski definition) is 1. The molecule has 0 fully saturated rings. The lowest BCUT2D eigenvalue weighted by Gasteiger charge is -2.19. The predicted octanol–water partition coefficient (Wildman–Crippen LogP) is 12.6. The predicted molar refractivity (Wildman–Crippen MR) is 208 cm³/mol. The zero-order valence-electron chi connectivity index (χ0n) is 27.1. The number of rotatable bonds is 6. The van der Waals surface area contributed by atoms with E-state index in [4.69, 9.17) is 0 Å². The summed E-state index contributed by atoms with van der Waals surface area (Å²) in [6.45, 7) is 3.65. The average Bonchev–Trinajstić information content (AvgIpc) is 3.14. The summed E-state index contributed by atoms with van der Waals surface area (Å²) in [4.78, 5) is 0. The van der Waals surface area contributed by atoms with Gasteiger partial charge in [0.15, 0.2) is 0 Å². The van der Waals surface area contributed by atoms with Crippen molar-refractivity contribution >= 4 is 34.0 Å². The molecular weight excluding hydrogens is 599 g/mol. The Bertz CT molecular complexity index is 2440. The highest BCUT2D eigenvalue weighted by Crippen LogP contribution is 2.45. The Balaban J connectivity index is 1.36. The third kappa shape index (κ3) is 5.57. The van der Waals surface area contributed by atoms with Crippen molar-refractivity contribution in [3.05, 3.63) is 176 Å².